The number of nitrogens with two attached hydrogens (primary N) is 1. The minimum absolute atomic E-state index is 0.146. The van der Waals surface area contributed by atoms with Gasteiger partial charge in [-0.2, -0.15) is 11.8 Å². The van der Waals surface area contributed by atoms with Gasteiger partial charge in [0.15, 0.2) is 0 Å². The van der Waals surface area contributed by atoms with Crippen molar-refractivity contribution in [2.24, 2.45) is 5.73 Å². The molecule has 1 aromatic heterocycles. The van der Waals surface area contributed by atoms with Gasteiger partial charge in [0.25, 0.3) is 0 Å². The molecule has 0 bridgehead atoms. The second kappa shape index (κ2) is 5.47. The quantitative estimate of drug-likeness (QED) is 0.922. The summed E-state index contributed by atoms with van der Waals surface area (Å²) in [5.74, 6) is 2.44. The van der Waals surface area contributed by atoms with Gasteiger partial charge in [-0.15, -0.1) is 11.3 Å². The predicted octanol–water partition coefficient (Wildman–Crippen LogP) is 3.78. The zero-order valence-corrected chi connectivity index (χ0v) is 11.9. The Morgan fingerprint density at radius 1 is 1.22 bits per heavy atom. The highest BCUT2D eigenvalue weighted by molar-refractivity contribution is 7.98. The molecule has 0 aliphatic carbocycles. The number of rotatable bonds is 3. The van der Waals surface area contributed by atoms with Crippen LogP contribution in [0.5, 0.6) is 0 Å². The Balaban J connectivity index is 1.76. The van der Waals surface area contributed by atoms with Crippen LogP contribution in [-0.2, 0) is 18.6 Å². The van der Waals surface area contributed by atoms with Crippen LogP contribution in [0.1, 0.15) is 26.9 Å². The molecule has 3 heteroatoms. The van der Waals surface area contributed by atoms with Gasteiger partial charge in [0.2, 0.25) is 0 Å². The highest BCUT2D eigenvalue weighted by atomic mass is 32.2. The van der Waals surface area contributed by atoms with E-state index in [0.717, 1.165) is 6.42 Å². The maximum absolute atomic E-state index is 6.34. The third-order valence-corrected chi connectivity index (χ3v) is 5.69. The molecule has 94 valence electrons. The second-order valence-corrected chi connectivity index (χ2v) is 6.97. The average Bonchev–Trinajstić information content (AvgIpc) is 2.84. The average molecular weight is 275 g/mol. The molecule has 1 aliphatic rings. The van der Waals surface area contributed by atoms with Gasteiger partial charge in [0, 0.05) is 21.5 Å². The van der Waals surface area contributed by atoms with Gasteiger partial charge in [-0.3, -0.25) is 0 Å². The third kappa shape index (κ3) is 2.63. The fourth-order valence-electron chi connectivity index (χ4n) is 2.32. The SMILES string of the molecule is NC(Cc1ccccc1)c1cc2c(s1)CCSC2. The van der Waals surface area contributed by atoms with Crippen LogP contribution in [0.2, 0.25) is 0 Å². The lowest BCUT2D eigenvalue weighted by Gasteiger charge is -2.09. The lowest BCUT2D eigenvalue weighted by molar-refractivity contribution is 0.736. The molecule has 1 atom stereocenters. The van der Waals surface area contributed by atoms with Crippen LogP contribution in [0.4, 0.5) is 0 Å². The van der Waals surface area contributed by atoms with Crippen LogP contribution in [0.15, 0.2) is 36.4 Å². The van der Waals surface area contributed by atoms with Crippen molar-refractivity contribution in [3.05, 3.63) is 57.3 Å². The van der Waals surface area contributed by atoms with Gasteiger partial charge in [-0.05, 0) is 35.8 Å². The van der Waals surface area contributed by atoms with Gasteiger partial charge in [0.1, 0.15) is 0 Å². The largest absolute Gasteiger partial charge is 0.323 e. The van der Waals surface area contributed by atoms with Crippen molar-refractivity contribution in [1.29, 1.82) is 0 Å². The zero-order chi connectivity index (χ0) is 12.4. The van der Waals surface area contributed by atoms with Gasteiger partial charge >= 0.3 is 0 Å². The minimum atomic E-state index is 0.146. The normalized spacial score (nSPS) is 16.3. The molecule has 1 aliphatic heterocycles. The Hall–Kier alpha value is -0.770. The molecule has 2 aromatic rings. The van der Waals surface area contributed by atoms with Crippen LogP contribution >= 0.6 is 23.1 Å². The summed E-state index contributed by atoms with van der Waals surface area (Å²) in [6.45, 7) is 0. The van der Waals surface area contributed by atoms with Crippen molar-refractivity contribution < 1.29 is 0 Å². The molecule has 2 N–H and O–H groups in total. The fourth-order valence-corrected chi connectivity index (χ4v) is 4.70. The van der Waals surface area contributed by atoms with Crippen molar-refractivity contribution >= 4 is 23.1 Å². The van der Waals surface area contributed by atoms with Crippen molar-refractivity contribution in [3.8, 4) is 0 Å². The summed E-state index contributed by atoms with van der Waals surface area (Å²) in [6, 6.07) is 13.0. The third-order valence-electron chi connectivity index (χ3n) is 3.31. The Bertz CT molecular complexity index is 495. The van der Waals surface area contributed by atoms with E-state index in [1.807, 2.05) is 23.1 Å². The van der Waals surface area contributed by atoms with Crippen LogP contribution < -0.4 is 5.73 Å². The molecule has 0 saturated carbocycles. The number of thioether (sulfide) groups is 1. The summed E-state index contributed by atoms with van der Waals surface area (Å²) in [7, 11) is 0. The molecule has 0 radical (unpaired) electrons. The first-order valence-electron chi connectivity index (χ1n) is 6.31. The molecule has 1 aromatic carbocycles. The summed E-state index contributed by atoms with van der Waals surface area (Å²) >= 11 is 3.96. The highest BCUT2D eigenvalue weighted by Crippen LogP contribution is 2.34. The first-order chi connectivity index (χ1) is 8.83. The number of thiophene rings is 1. The Morgan fingerprint density at radius 3 is 2.83 bits per heavy atom. The molecule has 0 saturated heterocycles. The van der Waals surface area contributed by atoms with E-state index < -0.39 is 0 Å². The van der Waals surface area contributed by atoms with Crippen molar-refractivity contribution in [1.82, 2.24) is 0 Å². The van der Waals surface area contributed by atoms with Crippen LogP contribution in [0, 0.1) is 0 Å². The number of hydrogen-bond donors (Lipinski definition) is 1. The molecule has 2 heterocycles. The van der Waals surface area contributed by atoms with E-state index in [1.165, 1.54) is 33.9 Å². The monoisotopic (exact) mass is 275 g/mol. The van der Waals surface area contributed by atoms with Crippen molar-refractivity contribution in [2.45, 2.75) is 24.6 Å². The summed E-state index contributed by atoms with van der Waals surface area (Å²) < 4.78 is 0. The molecule has 1 unspecified atom stereocenters. The summed E-state index contributed by atoms with van der Waals surface area (Å²) in [6.07, 6.45) is 2.16. The maximum Gasteiger partial charge on any atom is 0.0430 e. The van der Waals surface area contributed by atoms with Crippen LogP contribution in [-0.4, -0.2) is 5.75 Å². The Labute approximate surface area is 116 Å². The van der Waals surface area contributed by atoms with Gasteiger partial charge in [0.05, 0.1) is 0 Å². The smallest absolute Gasteiger partial charge is 0.0430 e. The molecule has 3 rings (SSSR count). The van der Waals surface area contributed by atoms with Gasteiger partial charge in [-0.1, -0.05) is 30.3 Å². The molecule has 18 heavy (non-hydrogen) atoms. The standard InChI is InChI=1S/C15H17NS2/c16-13(8-11-4-2-1-3-5-11)15-9-12-10-17-7-6-14(12)18-15/h1-5,9,13H,6-8,10,16H2. The number of hydrogen-bond acceptors (Lipinski definition) is 3. The zero-order valence-electron chi connectivity index (χ0n) is 10.3. The Kier molecular flexibility index (Phi) is 3.73. The highest BCUT2D eigenvalue weighted by Gasteiger charge is 2.17. The Morgan fingerprint density at radius 2 is 2.06 bits per heavy atom. The molecule has 1 nitrogen and oxygen atoms in total. The minimum Gasteiger partial charge on any atom is -0.323 e. The lowest BCUT2D eigenvalue weighted by atomic mass is 10.0. The van der Waals surface area contributed by atoms with Crippen LogP contribution in [0.3, 0.4) is 0 Å². The molecule has 0 fully saturated rings. The molecular weight excluding hydrogens is 258 g/mol. The number of aryl methyl sites for hydroxylation is 1. The topological polar surface area (TPSA) is 26.0 Å². The van der Waals surface area contributed by atoms with E-state index in [1.54, 1.807) is 4.88 Å². The first kappa shape index (κ1) is 12.3. The second-order valence-electron chi connectivity index (χ2n) is 4.70. The first-order valence-corrected chi connectivity index (χ1v) is 8.29. The molecular formula is C15H17NS2. The van der Waals surface area contributed by atoms with Gasteiger partial charge < -0.3 is 5.73 Å². The van der Waals surface area contributed by atoms with E-state index >= 15 is 0 Å². The van der Waals surface area contributed by atoms with E-state index in [9.17, 15) is 0 Å². The van der Waals surface area contributed by atoms with E-state index in [0.29, 0.717) is 0 Å². The summed E-state index contributed by atoms with van der Waals surface area (Å²) in [5.41, 5.74) is 9.19. The molecule has 0 amide bonds. The maximum atomic E-state index is 6.34. The van der Waals surface area contributed by atoms with Crippen LogP contribution in [0.25, 0.3) is 0 Å². The predicted molar refractivity (Wildman–Crippen MR) is 81.3 cm³/mol. The van der Waals surface area contributed by atoms with E-state index in [2.05, 4.69) is 36.4 Å². The number of benzene rings is 1. The van der Waals surface area contributed by atoms with E-state index in [4.69, 9.17) is 5.73 Å². The lowest BCUT2D eigenvalue weighted by Crippen LogP contribution is -2.11. The number of fused-ring (bicyclic) bond motifs is 1. The van der Waals surface area contributed by atoms with E-state index in [-0.39, 0.29) is 6.04 Å². The fraction of sp³-hybridized carbons (Fsp3) is 0.333. The van der Waals surface area contributed by atoms with Crippen molar-refractivity contribution in [2.75, 3.05) is 5.75 Å². The summed E-state index contributed by atoms with van der Waals surface area (Å²) in [5, 5.41) is 0. The van der Waals surface area contributed by atoms with Crippen molar-refractivity contribution in [3.63, 3.8) is 0 Å². The molecule has 0 spiro atoms. The summed E-state index contributed by atoms with van der Waals surface area (Å²) in [4.78, 5) is 2.92. The van der Waals surface area contributed by atoms with Gasteiger partial charge in [-0.25, -0.2) is 0 Å².